The molecule has 0 unspecified atom stereocenters. The number of pyridine rings is 1. The van der Waals surface area contributed by atoms with Gasteiger partial charge >= 0.3 is 0 Å². The first-order chi connectivity index (χ1) is 15.1. The maximum Gasteiger partial charge on any atom is 0.251 e. The summed E-state index contributed by atoms with van der Waals surface area (Å²) in [5.41, 5.74) is 1.40. The van der Waals surface area contributed by atoms with Crippen molar-refractivity contribution in [3.63, 3.8) is 0 Å². The molecule has 160 valence electrons. The standard InChI is InChI=1S/C24H25N3O4/c28-22-5-1-2-13-26(22)14-12-23(29)27(17-21-4-3-15-31-21)16-18-6-8-19(9-7-18)24(30)25-20-10-11-20/h1-9,13,15,20H,10-12,14,16-17H2,(H,25,30). The quantitative estimate of drug-likeness (QED) is 0.578. The molecule has 0 radical (unpaired) electrons. The second kappa shape index (κ2) is 9.47. The molecule has 7 nitrogen and oxygen atoms in total. The third kappa shape index (κ3) is 5.72. The minimum Gasteiger partial charge on any atom is -0.467 e. The number of aromatic nitrogens is 1. The molecule has 1 N–H and O–H groups in total. The number of nitrogens with one attached hydrogen (secondary N) is 1. The Labute approximate surface area is 180 Å². The minimum absolute atomic E-state index is 0.0640. The maximum absolute atomic E-state index is 13.0. The van der Waals surface area contributed by atoms with Crippen LogP contribution in [0.15, 0.2) is 76.3 Å². The lowest BCUT2D eigenvalue weighted by molar-refractivity contribution is -0.133. The average Bonchev–Trinajstić information content (AvgIpc) is 3.44. The molecular weight excluding hydrogens is 394 g/mol. The van der Waals surface area contributed by atoms with E-state index in [9.17, 15) is 14.4 Å². The molecule has 0 saturated heterocycles. The molecule has 1 aromatic carbocycles. The summed E-state index contributed by atoms with van der Waals surface area (Å²) in [6.45, 7) is 1.03. The van der Waals surface area contributed by atoms with E-state index in [0.29, 0.717) is 37.0 Å². The van der Waals surface area contributed by atoms with Gasteiger partial charge in [0.05, 0.1) is 12.8 Å². The van der Waals surface area contributed by atoms with Crippen molar-refractivity contribution in [2.45, 2.75) is 44.9 Å². The van der Waals surface area contributed by atoms with Crippen molar-refractivity contribution in [1.82, 2.24) is 14.8 Å². The van der Waals surface area contributed by atoms with Gasteiger partial charge < -0.3 is 19.2 Å². The van der Waals surface area contributed by atoms with Gasteiger partial charge in [-0.05, 0) is 48.7 Å². The molecule has 1 aliphatic carbocycles. The predicted octanol–water partition coefficient (Wildman–Crippen LogP) is 2.95. The van der Waals surface area contributed by atoms with Gasteiger partial charge in [0.2, 0.25) is 5.91 Å². The fourth-order valence-electron chi connectivity index (χ4n) is 3.32. The number of carbonyl (C=O) groups is 2. The Balaban J connectivity index is 1.42. The molecular formula is C24H25N3O4. The number of carbonyl (C=O) groups excluding carboxylic acids is 2. The van der Waals surface area contributed by atoms with Crippen molar-refractivity contribution < 1.29 is 14.0 Å². The van der Waals surface area contributed by atoms with E-state index in [1.807, 2.05) is 18.2 Å². The lowest BCUT2D eigenvalue weighted by Gasteiger charge is -2.22. The molecule has 7 heteroatoms. The van der Waals surface area contributed by atoms with E-state index < -0.39 is 0 Å². The van der Waals surface area contributed by atoms with Crippen molar-refractivity contribution in [3.8, 4) is 0 Å². The van der Waals surface area contributed by atoms with Crippen LogP contribution in [-0.2, 0) is 24.4 Å². The monoisotopic (exact) mass is 419 g/mol. The van der Waals surface area contributed by atoms with Crippen molar-refractivity contribution in [1.29, 1.82) is 0 Å². The Bertz CT molecular complexity index is 1080. The number of benzene rings is 1. The van der Waals surface area contributed by atoms with Crippen LogP contribution in [0.5, 0.6) is 0 Å². The highest BCUT2D eigenvalue weighted by molar-refractivity contribution is 5.94. The fraction of sp³-hybridized carbons (Fsp3) is 0.292. The number of nitrogens with zero attached hydrogens (tertiary/aromatic N) is 2. The van der Waals surface area contributed by atoms with Gasteiger partial charge in [-0.1, -0.05) is 18.2 Å². The second-order valence-corrected chi connectivity index (χ2v) is 7.76. The van der Waals surface area contributed by atoms with Crippen molar-refractivity contribution in [3.05, 3.63) is 94.3 Å². The summed E-state index contributed by atoms with van der Waals surface area (Å²) in [4.78, 5) is 38.7. The van der Waals surface area contributed by atoms with Crippen LogP contribution in [0.1, 0.15) is 40.9 Å². The summed E-state index contributed by atoms with van der Waals surface area (Å²) in [5.74, 6) is 0.541. The molecule has 0 spiro atoms. The molecule has 1 fully saturated rings. The van der Waals surface area contributed by atoms with Gasteiger partial charge in [-0.25, -0.2) is 0 Å². The Kier molecular flexibility index (Phi) is 6.31. The molecule has 3 aromatic rings. The van der Waals surface area contributed by atoms with Crippen molar-refractivity contribution in [2.75, 3.05) is 0 Å². The lowest BCUT2D eigenvalue weighted by atomic mass is 10.1. The van der Waals surface area contributed by atoms with E-state index in [-0.39, 0.29) is 23.8 Å². The van der Waals surface area contributed by atoms with Crippen LogP contribution in [0.25, 0.3) is 0 Å². The largest absolute Gasteiger partial charge is 0.467 e. The summed E-state index contributed by atoms with van der Waals surface area (Å²) in [6, 6.07) is 16.2. The fourth-order valence-corrected chi connectivity index (χ4v) is 3.32. The highest BCUT2D eigenvalue weighted by atomic mass is 16.3. The zero-order valence-corrected chi connectivity index (χ0v) is 17.2. The van der Waals surface area contributed by atoms with Gasteiger partial charge in [0.1, 0.15) is 5.76 Å². The van der Waals surface area contributed by atoms with Crippen LogP contribution in [0.4, 0.5) is 0 Å². The number of hydrogen-bond donors (Lipinski definition) is 1. The number of aryl methyl sites for hydroxylation is 1. The third-order valence-corrected chi connectivity index (χ3v) is 5.25. The van der Waals surface area contributed by atoms with Gasteiger partial charge in [0.15, 0.2) is 0 Å². The Morgan fingerprint density at radius 1 is 1.03 bits per heavy atom. The lowest BCUT2D eigenvalue weighted by Crippen LogP contribution is -2.31. The molecule has 2 heterocycles. The zero-order chi connectivity index (χ0) is 21.6. The molecule has 2 amide bonds. The number of amides is 2. The van der Waals surface area contributed by atoms with Crippen LogP contribution in [0, 0.1) is 0 Å². The Hall–Kier alpha value is -3.61. The van der Waals surface area contributed by atoms with Crippen LogP contribution >= 0.6 is 0 Å². The smallest absolute Gasteiger partial charge is 0.251 e. The average molecular weight is 419 g/mol. The first-order valence-corrected chi connectivity index (χ1v) is 10.4. The third-order valence-electron chi connectivity index (χ3n) is 5.25. The molecule has 4 rings (SSSR count). The zero-order valence-electron chi connectivity index (χ0n) is 17.2. The summed E-state index contributed by atoms with van der Waals surface area (Å²) < 4.78 is 6.95. The number of furan rings is 1. The van der Waals surface area contributed by atoms with Crippen LogP contribution in [0.2, 0.25) is 0 Å². The van der Waals surface area contributed by atoms with Gasteiger partial charge in [-0.2, -0.15) is 0 Å². The maximum atomic E-state index is 13.0. The van der Waals surface area contributed by atoms with E-state index in [1.54, 1.807) is 47.7 Å². The SMILES string of the molecule is O=C(NC1CC1)c1ccc(CN(Cc2ccco2)C(=O)CCn2ccccc2=O)cc1. The first-order valence-electron chi connectivity index (χ1n) is 10.4. The Morgan fingerprint density at radius 3 is 2.52 bits per heavy atom. The molecule has 1 saturated carbocycles. The van der Waals surface area contributed by atoms with Gasteiger partial charge in [-0.3, -0.25) is 14.4 Å². The second-order valence-electron chi connectivity index (χ2n) is 7.76. The van der Waals surface area contributed by atoms with E-state index >= 15 is 0 Å². The molecule has 0 atom stereocenters. The van der Waals surface area contributed by atoms with Gasteiger partial charge in [0, 0.05) is 43.4 Å². The molecule has 31 heavy (non-hydrogen) atoms. The van der Waals surface area contributed by atoms with E-state index in [2.05, 4.69) is 5.32 Å². The van der Waals surface area contributed by atoms with Crippen molar-refractivity contribution in [2.24, 2.45) is 0 Å². The van der Waals surface area contributed by atoms with Crippen LogP contribution < -0.4 is 10.9 Å². The minimum atomic E-state index is -0.132. The predicted molar refractivity (Wildman–Crippen MR) is 115 cm³/mol. The number of rotatable bonds is 9. The summed E-state index contributed by atoms with van der Waals surface area (Å²) >= 11 is 0. The molecule has 0 bridgehead atoms. The molecule has 0 aliphatic heterocycles. The molecule has 2 aromatic heterocycles. The van der Waals surface area contributed by atoms with E-state index in [4.69, 9.17) is 4.42 Å². The first kappa shape index (κ1) is 20.7. The van der Waals surface area contributed by atoms with Crippen LogP contribution in [0.3, 0.4) is 0 Å². The Morgan fingerprint density at radius 2 is 1.84 bits per heavy atom. The van der Waals surface area contributed by atoms with Gasteiger partial charge in [0.25, 0.3) is 11.5 Å². The van der Waals surface area contributed by atoms with E-state index in [1.165, 1.54) is 10.6 Å². The summed E-state index contributed by atoms with van der Waals surface area (Å²) in [5, 5.41) is 2.97. The number of hydrogen-bond acceptors (Lipinski definition) is 4. The highest BCUT2D eigenvalue weighted by Gasteiger charge is 2.23. The normalized spacial score (nSPS) is 13.0. The summed E-state index contributed by atoms with van der Waals surface area (Å²) in [7, 11) is 0. The highest BCUT2D eigenvalue weighted by Crippen LogP contribution is 2.19. The van der Waals surface area contributed by atoms with Crippen LogP contribution in [-0.4, -0.2) is 27.3 Å². The molecule has 1 aliphatic rings. The topological polar surface area (TPSA) is 84.6 Å². The summed E-state index contributed by atoms with van der Waals surface area (Å²) in [6.07, 6.45) is 5.55. The van der Waals surface area contributed by atoms with Crippen molar-refractivity contribution >= 4 is 11.8 Å². The van der Waals surface area contributed by atoms with Gasteiger partial charge in [-0.15, -0.1) is 0 Å². The van der Waals surface area contributed by atoms with E-state index in [0.717, 1.165) is 18.4 Å².